The molecule has 34 heavy (non-hydrogen) atoms. The Balaban J connectivity index is 1.65. The van der Waals surface area contributed by atoms with Gasteiger partial charge in [-0.05, 0) is 81.3 Å². The van der Waals surface area contributed by atoms with Gasteiger partial charge in [0, 0.05) is 0 Å². The highest BCUT2D eigenvalue weighted by molar-refractivity contribution is 6.19. The van der Waals surface area contributed by atoms with E-state index in [2.05, 4.69) is 74.5 Å². The second-order valence-corrected chi connectivity index (χ2v) is 10.3. The first-order valence-corrected chi connectivity index (χ1v) is 14.2. The van der Waals surface area contributed by atoms with E-state index in [9.17, 15) is 0 Å². The second kappa shape index (κ2) is 12.9. The van der Waals surface area contributed by atoms with Gasteiger partial charge in [-0.3, -0.25) is 0 Å². The highest BCUT2D eigenvalue weighted by atomic mass is 14.2. The average molecular weight is 453 g/mol. The summed E-state index contributed by atoms with van der Waals surface area (Å²) in [6.45, 7) is 4.59. The van der Waals surface area contributed by atoms with Gasteiger partial charge in [0.2, 0.25) is 0 Å². The largest absolute Gasteiger partial charge is 0.0654 e. The molecule has 0 saturated carbocycles. The van der Waals surface area contributed by atoms with Gasteiger partial charge >= 0.3 is 0 Å². The molecule has 0 saturated heterocycles. The van der Waals surface area contributed by atoms with Crippen LogP contribution < -0.4 is 0 Å². The summed E-state index contributed by atoms with van der Waals surface area (Å²) < 4.78 is 0. The monoisotopic (exact) mass is 452 g/mol. The lowest BCUT2D eigenvalue weighted by molar-refractivity contribution is 0.608. The molecule has 0 bridgehead atoms. The molecule has 4 aromatic carbocycles. The van der Waals surface area contributed by atoms with Crippen molar-refractivity contribution in [1.82, 2.24) is 0 Å². The van der Waals surface area contributed by atoms with Crippen molar-refractivity contribution < 1.29 is 0 Å². The Kier molecular flexibility index (Phi) is 9.43. The fourth-order valence-electron chi connectivity index (χ4n) is 5.71. The average Bonchev–Trinajstić information content (AvgIpc) is 2.88. The van der Waals surface area contributed by atoms with E-state index in [1.165, 1.54) is 133 Å². The van der Waals surface area contributed by atoms with Crippen LogP contribution in [0.3, 0.4) is 0 Å². The quantitative estimate of drug-likeness (QED) is 0.132. The van der Waals surface area contributed by atoms with Crippen LogP contribution in [0.15, 0.2) is 60.7 Å². The Bertz CT molecular complexity index is 1090. The number of unbranched alkanes of at least 4 members (excludes halogenated alkanes) is 10. The summed E-state index contributed by atoms with van der Waals surface area (Å²) in [5.41, 5.74) is 3.07. The van der Waals surface area contributed by atoms with Crippen LogP contribution >= 0.6 is 0 Å². The van der Waals surface area contributed by atoms with E-state index in [1.54, 1.807) is 0 Å². The molecule has 0 radical (unpaired) electrons. The molecule has 0 amide bonds. The van der Waals surface area contributed by atoms with Gasteiger partial charge in [-0.25, -0.2) is 0 Å². The number of benzene rings is 4. The molecule has 4 aromatic rings. The molecule has 4 rings (SSSR count). The molecule has 0 N–H and O–H groups in total. The summed E-state index contributed by atoms with van der Waals surface area (Å²) in [4.78, 5) is 0. The third-order valence-corrected chi connectivity index (χ3v) is 7.65. The normalized spacial score (nSPS) is 11.7. The van der Waals surface area contributed by atoms with Crippen LogP contribution in [-0.2, 0) is 12.8 Å². The second-order valence-electron chi connectivity index (χ2n) is 10.3. The van der Waals surface area contributed by atoms with Crippen molar-refractivity contribution in [2.24, 2.45) is 0 Å². The van der Waals surface area contributed by atoms with E-state index in [0.717, 1.165) is 0 Å². The highest BCUT2D eigenvalue weighted by Gasteiger charge is 2.12. The third kappa shape index (κ3) is 6.01. The lowest BCUT2D eigenvalue weighted by atomic mass is 9.88. The number of hydrogen-bond acceptors (Lipinski definition) is 0. The number of rotatable bonds is 14. The summed E-state index contributed by atoms with van der Waals surface area (Å²) in [5.74, 6) is 0. The molecular weight excluding hydrogens is 408 g/mol. The van der Waals surface area contributed by atoms with Crippen molar-refractivity contribution in [3.8, 4) is 0 Å². The van der Waals surface area contributed by atoms with Gasteiger partial charge in [0.15, 0.2) is 0 Å². The van der Waals surface area contributed by atoms with Crippen LogP contribution in [-0.4, -0.2) is 0 Å². The summed E-state index contributed by atoms with van der Waals surface area (Å²) >= 11 is 0. The van der Waals surface area contributed by atoms with E-state index in [-0.39, 0.29) is 0 Å². The predicted molar refractivity (Wildman–Crippen MR) is 153 cm³/mol. The molecule has 0 aliphatic heterocycles. The van der Waals surface area contributed by atoms with Crippen LogP contribution in [0.4, 0.5) is 0 Å². The zero-order chi connectivity index (χ0) is 23.6. The highest BCUT2D eigenvalue weighted by Crippen LogP contribution is 2.36. The van der Waals surface area contributed by atoms with Crippen LogP contribution in [0.1, 0.15) is 102 Å². The molecule has 180 valence electrons. The molecule has 0 heteroatoms. The maximum absolute atomic E-state index is 2.53. The number of fused-ring (bicyclic) bond motifs is 5. The first-order chi connectivity index (χ1) is 16.8. The molecule has 0 spiro atoms. The van der Waals surface area contributed by atoms with Gasteiger partial charge < -0.3 is 0 Å². The van der Waals surface area contributed by atoms with Crippen molar-refractivity contribution in [2.75, 3.05) is 0 Å². The van der Waals surface area contributed by atoms with E-state index < -0.39 is 0 Å². The van der Waals surface area contributed by atoms with Crippen molar-refractivity contribution in [3.05, 3.63) is 71.8 Å². The minimum absolute atomic E-state index is 1.19. The smallest absolute Gasteiger partial charge is 0.00960 e. The molecule has 0 nitrogen and oxygen atoms in total. The van der Waals surface area contributed by atoms with Crippen molar-refractivity contribution in [1.29, 1.82) is 0 Å². The zero-order valence-corrected chi connectivity index (χ0v) is 21.7. The van der Waals surface area contributed by atoms with E-state index in [0.29, 0.717) is 0 Å². The SMILES string of the molecule is CCCCCCCCc1cc2c3ccccc3c(CCCCCCCC)cc2c2ccccc12. The molecular formula is C34H44. The summed E-state index contributed by atoms with van der Waals surface area (Å²) in [5, 5.41) is 8.70. The zero-order valence-electron chi connectivity index (χ0n) is 21.7. The van der Waals surface area contributed by atoms with Crippen molar-refractivity contribution in [2.45, 2.75) is 104 Å². The summed E-state index contributed by atoms with van der Waals surface area (Å²) in [7, 11) is 0. The first-order valence-electron chi connectivity index (χ1n) is 14.2. The van der Waals surface area contributed by atoms with Gasteiger partial charge in [0.25, 0.3) is 0 Å². The van der Waals surface area contributed by atoms with Gasteiger partial charge in [-0.2, -0.15) is 0 Å². The molecule has 0 atom stereocenters. The van der Waals surface area contributed by atoms with Gasteiger partial charge in [0.1, 0.15) is 0 Å². The Morgan fingerprint density at radius 2 is 0.735 bits per heavy atom. The summed E-state index contributed by atoms with van der Waals surface area (Å²) in [6.07, 6.45) is 18.6. The van der Waals surface area contributed by atoms with E-state index >= 15 is 0 Å². The van der Waals surface area contributed by atoms with Crippen LogP contribution in [0, 0.1) is 0 Å². The third-order valence-electron chi connectivity index (χ3n) is 7.65. The molecule has 0 aliphatic rings. The predicted octanol–water partition coefficient (Wildman–Crippen LogP) is 11.0. The topological polar surface area (TPSA) is 0 Å². The lowest BCUT2D eigenvalue weighted by Crippen LogP contribution is -1.94. The Morgan fingerprint density at radius 1 is 0.382 bits per heavy atom. The molecule has 0 aromatic heterocycles. The lowest BCUT2D eigenvalue weighted by Gasteiger charge is -2.16. The standard InChI is InChI=1S/C34H44/c1-3-5-7-9-11-13-19-27-25-33-32-24-18-16-22-30(32)28(20-14-12-10-8-6-4-2)26-34(33)31-23-17-15-21-29(27)31/h15-18,21-26H,3-14,19-20H2,1-2H3. The maximum atomic E-state index is 2.53. The molecule has 0 heterocycles. The van der Waals surface area contributed by atoms with Crippen LogP contribution in [0.2, 0.25) is 0 Å². The fraction of sp³-hybridized carbons (Fsp3) is 0.471. The minimum atomic E-state index is 1.19. The van der Waals surface area contributed by atoms with Gasteiger partial charge in [-0.15, -0.1) is 0 Å². The van der Waals surface area contributed by atoms with E-state index in [1.807, 2.05) is 0 Å². The van der Waals surface area contributed by atoms with Crippen LogP contribution in [0.25, 0.3) is 32.3 Å². The fourth-order valence-corrected chi connectivity index (χ4v) is 5.71. The van der Waals surface area contributed by atoms with Crippen LogP contribution in [0.5, 0.6) is 0 Å². The molecule has 0 unspecified atom stereocenters. The number of aryl methyl sites for hydroxylation is 2. The Morgan fingerprint density at radius 3 is 1.15 bits per heavy atom. The van der Waals surface area contributed by atoms with Gasteiger partial charge in [-0.1, -0.05) is 127 Å². The Labute approximate surface area is 207 Å². The summed E-state index contributed by atoms with van der Waals surface area (Å²) in [6, 6.07) is 23.3. The van der Waals surface area contributed by atoms with Gasteiger partial charge in [0.05, 0.1) is 0 Å². The minimum Gasteiger partial charge on any atom is -0.0654 e. The maximum Gasteiger partial charge on any atom is -0.00960 e. The molecule has 0 fully saturated rings. The number of hydrogen-bond donors (Lipinski definition) is 0. The van der Waals surface area contributed by atoms with E-state index in [4.69, 9.17) is 0 Å². The van der Waals surface area contributed by atoms with Crippen molar-refractivity contribution >= 4 is 32.3 Å². The molecule has 0 aliphatic carbocycles. The Hall–Kier alpha value is -2.34. The van der Waals surface area contributed by atoms with Crippen molar-refractivity contribution in [3.63, 3.8) is 0 Å². The first kappa shape index (κ1) is 24.8.